The van der Waals surface area contributed by atoms with E-state index in [-0.39, 0.29) is 24.3 Å². The van der Waals surface area contributed by atoms with E-state index in [2.05, 4.69) is 15.3 Å². The Morgan fingerprint density at radius 3 is 2.54 bits per heavy atom. The van der Waals surface area contributed by atoms with Crippen LogP contribution in [0.3, 0.4) is 0 Å². The number of fused-ring (bicyclic) bond motifs is 1. The number of hydrogen-bond donors (Lipinski definition) is 0. The molecular weight excluding hydrogens is 329 g/mol. The SMILES string of the molecule is Cn1nc(-c2nnc(-c3ccc4c(c3)OCO4)o2)cc1C(F)(F)F. The van der Waals surface area contributed by atoms with Gasteiger partial charge in [0.15, 0.2) is 11.5 Å². The summed E-state index contributed by atoms with van der Waals surface area (Å²) in [6, 6.07) is 5.88. The predicted molar refractivity (Wildman–Crippen MR) is 73.1 cm³/mol. The normalized spacial score (nSPS) is 13.5. The van der Waals surface area contributed by atoms with Crippen LogP contribution in [0.5, 0.6) is 11.5 Å². The molecular formula is C14H9F3N4O3. The van der Waals surface area contributed by atoms with Gasteiger partial charge in [-0.05, 0) is 18.2 Å². The number of hydrogen-bond acceptors (Lipinski definition) is 6. The summed E-state index contributed by atoms with van der Waals surface area (Å²) in [4.78, 5) is 0. The molecule has 0 N–H and O–H groups in total. The lowest BCUT2D eigenvalue weighted by atomic mass is 10.2. The van der Waals surface area contributed by atoms with Crippen LogP contribution in [-0.2, 0) is 13.2 Å². The molecule has 1 aromatic carbocycles. The highest BCUT2D eigenvalue weighted by atomic mass is 19.4. The first-order valence-corrected chi connectivity index (χ1v) is 6.77. The number of aryl methyl sites for hydroxylation is 1. The Kier molecular flexibility index (Phi) is 3.02. The third-order valence-corrected chi connectivity index (χ3v) is 3.43. The van der Waals surface area contributed by atoms with E-state index in [0.717, 1.165) is 10.7 Å². The molecule has 0 spiro atoms. The van der Waals surface area contributed by atoms with Gasteiger partial charge in [-0.1, -0.05) is 0 Å². The van der Waals surface area contributed by atoms with Crippen molar-refractivity contribution in [1.82, 2.24) is 20.0 Å². The van der Waals surface area contributed by atoms with E-state index >= 15 is 0 Å². The zero-order chi connectivity index (χ0) is 16.9. The van der Waals surface area contributed by atoms with Crippen LogP contribution in [0.2, 0.25) is 0 Å². The Balaban J connectivity index is 1.68. The Morgan fingerprint density at radius 1 is 1.04 bits per heavy atom. The first-order valence-electron chi connectivity index (χ1n) is 6.77. The Morgan fingerprint density at radius 2 is 1.79 bits per heavy atom. The fraction of sp³-hybridized carbons (Fsp3) is 0.214. The van der Waals surface area contributed by atoms with E-state index in [1.165, 1.54) is 7.05 Å². The molecule has 3 heterocycles. The zero-order valence-corrected chi connectivity index (χ0v) is 12.2. The van der Waals surface area contributed by atoms with Crippen LogP contribution in [0.15, 0.2) is 28.7 Å². The van der Waals surface area contributed by atoms with Crippen molar-refractivity contribution in [1.29, 1.82) is 0 Å². The van der Waals surface area contributed by atoms with Crippen LogP contribution in [-0.4, -0.2) is 26.8 Å². The minimum Gasteiger partial charge on any atom is -0.454 e. The molecule has 1 aliphatic rings. The predicted octanol–water partition coefficient (Wildman–Crippen LogP) is 2.88. The van der Waals surface area contributed by atoms with E-state index in [1.54, 1.807) is 18.2 Å². The van der Waals surface area contributed by atoms with Gasteiger partial charge in [0.05, 0.1) is 0 Å². The number of nitrogens with zero attached hydrogens (tertiary/aromatic N) is 4. The maximum atomic E-state index is 12.8. The number of ether oxygens (including phenoxy) is 2. The maximum absolute atomic E-state index is 12.8. The molecule has 10 heteroatoms. The van der Waals surface area contributed by atoms with Crippen molar-refractivity contribution in [2.75, 3.05) is 6.79 Å². The molecule has 3 aromatic rings. The summed E-state index contributed by atoms with van der Waals surface area (Å²) in [6.07, 6.45) is -4.51. The van der Waals surface area contributed by atoms with E-state index in [9.17, 15) is 13.2 Å². The summed E-state index contributed by atoms with van der Waals surface area (Å²) >= 11 is 0. The van der Waals surface area contributed by atoms with Crippen LogP contribution >= 0.6 is 0 Å². The molecule has 0 atom stereocenters. The molecule has 0 saturated heterocycles. The highest BCUT2D eigenvalue weighted by Gasteiger charge is 2.35. The van der Waals surface area contributed by atoms with Gasteiger partial charge in [-0.2, -0.15) is 18.3 Å². The van der Waals surface area contributed by atoms with Crippen molar-refractivity contribution in [3.63, 3.8) is 0 Å². The summed E-state index contributed by atoms with van der Waals surface area (Å²) in [5.74, 6) is 1.17. The summed E-state index contributed by atoms with van der Waals surface area (Å²) in [7, 11) is 1.20. The molecule has 0 amide bonds. The fourth-order valence-electron chi connectivity index (χ4n) is 2.31. The van der Waals surface area contributed by atoms with Crippen LogP contribution < -0.4 is 9.47 Å². The fourth-order valence-corrected chi connectivity index (χ4v) is 2.31. The Hall–Kier alpha value is -3.04. The first-order chi connectivity index (χ1) is 11.4. The van der Waals surface area contributed by atoms with E-state index in [0.29, 0.717) is 17.1 Å². The number of alkyl halides is 3. The van der Waals surface area contributed by atoms with Gasteiger partial charge >= 0.3 is 6.18 Å². The lowest BCUT2D eigenvalue weighted by Crippen LogP contribution is -2.11. The minimum absolute atomic E-state index is 0.0516. The van der Waals surface area contributed by atoms with Crippen molar-refractivity contribution < 1.29 is 27.1 Å². The quantitative estimate of drug-likeness (QED) is 0.715. The Labute approximate surface area is 132 Å². The molecule has 0 saturated carbocycles. The lowest BCUT2D eigenvalue weighted by Gasteiger charge is -2.04. The van der Waals surface area contributed by atoms with Crippen molar-refractivity contribution in [2.45, 2.75) is 6.18 Å². The smallest absolute Gasteiger partial charge is 0.433 e. The molecule has 0 radical (unpaired) electrons. The average Bonchev–Trinajstić information content (AvgIpc) is 3.24. The van der Waals surface area contributed by atoms with Gasteiger partial charge in [-0.3, -0.25) is 4.68 Å². The van der Waals surface area contributed by atoms with Gasteiger partial charge in [0.2, 0.25) is 12.7 Å². The molecule has 4 rings (SSSR count). The largest absolute Gasteiger partial charge is 0.454 e. The van der Waals surface area contributed by atoms with Gasteiger partial charge in [-0.25, -0.2) is 0 Å². The standard InChI is InChI=1S/C14H9F3N4O3/c1-21-11(14(15,16)17)5-8(20-21)13-19-18-12(24-13)7-2-3-9-10(4-7)23-6-22-9/h2-5H,6H2,1H3. The van der Waals surface area contributed by atoms with Crippen LogP contribution in [0.4, 0.5) is 13.2 Å². The van der Waals surface area contributed by atoms with E-state index < -0.39 is 11.9 Å². The van der Waals surface area contributed by atoms with E-state index in [4.69, 9.17) is 13.9 Å². The third-order valence-electron chi connectivity index (χ3n) is 3.43. The van der Waals surface area contributed by atoms with Crippen molar-refractivity contribution in [2.24, 2.45) is 7.05 Å². The van der Waals surface area contributed by atoms with Crippen LogP contribution in [0.25, 0.3) is 23.0 Å². The summed E-state index contributed by atoms with van der Waals surface area (Å²) in [5.41, 5.74) is -0.394. The topological polar surface area (TPSA) is 75.2 Å². The van der Waals surface area contributed by atoms with Crippen LogP contribution in [0, 0.1) is 0 Å². The molecule has 2 aromatic heterocycles. The molecule has 124 valence electrons. The Bertz CT molecular complexity index is 916. The van der Waals surface area contributed by atoms with Gasteiger partial charge in [0, 0.05) is 18.7 Å². The monoisotopic (exact) mass is 338 g/mol. The average molecular weight is 338 g/mol. The number of aromatic nitrogens is 4. The molecule has 7 nitrogen and oxygen atoms in total. The minimum atomic E-state index is -4.51. The van der Waals surface area contributed by atoms with Crippen LogP contribution in [0.1, 0.15) is 5.69 Å². The second kappa shape index (κ2) is 4.98. The summed E-state index contributed by atoms with van der Waals surface area (Å²) in [6.45, 7) is 0.127. The van der Waals surface area contributed by atoms with E-state index in [1.807, 2.05) is 0 Å². The number of rotatable bonds is 2. The highest BCUT2D eigenvalue weighted by molar-refractivity contribution is 5.61. The van der Waals surface area contributed by atoms with Gasteiger partial charge in [-0.15, -0.1) is 10.2 Å². The molecule has 24 heavy (non-hydrogen) atoms. The lowest BCUT2D eigenvalue weighted by molar-refractivity contribution is -0.143. The summed E-state index contributed by atoms with van der Waals surface area (Å²) in [5, 5.41) is 11.4. The molecule has 0 aliphatic carbocycles. The van der Waals surface area contributed by atoms with Gasteiger partial charge in [0.25, 0.3) is 5.89 Å². The molecule has 0 bridgehead atoms. The zero-order valence-electron chi connectivity index (χ0n) is 12.2. The molecule has 1 aliphatic heterocycles. The second-order valence-electron chi connectivity index (χ2n) is 5.02. The number of halogens is 3. The third kappa shape index (κ3) is 2.36. The van der Waals surface area contributed by atoms with Crippen molar-refractivity contribution >= 4 is 0 Å². The van der Waals surface area contributed by atoms with Gasteiger partial charge < -0.3 is 13.9 Å². The second-order valence-corrected chi connectivity index (χ2v) is 5.02. The van der Waals surface area contributed by atoms with Crippen molar-refractivity contribution in [3.8, 4) is 34.5 Å². The van der Waals surface area contributed by atoms with Gasteiger partial charge in [0.1, 0.15) is 11.4 Å². The molecule has 0 unspecified atom stereocenters. The summed E-state index contributed by atoms with van der Waals surface area (Å²) < 4.78 is 55.1. The number of benzene rings is 1. The highest BCUT2D eigenvalue weighted by Crippen LogP contribution is 2.36. The van der Waals surface area contributed by atoms with Crippen molar-refractivity contribution in [3.05, 3.63) is 30.0 Å². The maximum Gasteiger partial charge on any atom is 0.433 e. The first kappa shape index (κ1) is 14.5. The molecule has 0 fully saturated rings.